The van der Waals surface area contributed by atoms with Gasteiger partial charge in [-0.1, -0.05) is 17.7 Å². The van der Waals surface area contributed by atoms with Crippen LogP contribution in [0.4, 0.5) is 0 Å². The number of quaternary nitrogens is 1. The van der Waals surface area contributed by atoms with Crippen LogP contribution in [0.15, 0.2) is 12.1 Å². The van der Waals surface area contributed by atoms with E-state index >= 15 is 0 Å². The number of benzene rings is 1. The predicted molar refractivity (Wildman–Crippen MR) is 64.2 cm³/mol. The highest BCUT2D eigenvalue weighted by molar-refractivity contribution is 6.32. The third-order valence-electron chi connectivity index (χ3n) is 2.92. The Morgan fingerprint density at radius 3 is 2.73 bits per heavy atom. The van der Waals surface area contributed by atoms with Crippen molar-refractivity contribution in [2.45, 2.75) is 20.3 Å². The Labute approximate surface area is 94.4 Å². The van der Waals surface area contributed by atoms with Gasteiger partial charge < -0.3 is 10.7 Å². The molecule has 1 heterocycles. The van der Waals surface area contributed by atoms with E-state index in [-0.39, 0.29) is 0 Å². The summed E-state index contributed by atoms with van der Waals surface area (Å²) in [7, 11) is 0. The SMILES string of the molecule is Cc1[nH]c2c(C)c(Cl)ccc2c1CC[NH3+]. The van der Waals surface area contributed by atoms with Gasteiger partial charge in [0.15, 0.2) is 0 Å². The van der Waals surface area contributed by atoms with Gasteiger partial charge in [-0.15, -0.1) is 0 Å². The first kappa shape index (κ1) is 10.5. The van der Waals surface area contributed by atoms with Crippen LogP contribution in [-0.2, 0) is 6.42 Å². The van der Waals surface area contributed by atoms with Crippen LogP contribution in [-0.4, -0.2) is 11.5 Å². The molecule has 1 aromatic heterocycles. The summed E-state index contributed by atoms with van der Waals surface area (Å²) in [6.45, 7) is 5.09. The molecule has 1 aromatic carbocycles. The lowest BCUT2D eigenvalue weighted by Gasteiger charge is -2.00. The van der Waals surface area contributed by atoms with E-state index < -0.39 is 0 Å². The van der Waals surface area contributed by atoms with Crippen molar-refractivity contribution in [3.63, 3.8) is 0 Å². The summed E-state index contributed by atoms with van der Waals surface area (Å²) >= 11 is 6.09. The molecular formula is C12H16ClN2+. The molecule has 0 aliphatic carbocycles. The number of aromatic nitrogens is 1. The zero-order chi connectivity index (χ0) is 11.0. The second-order valence-corrected chi connectivity index (χ2v) is 4.33. The Hall–Kier alpha value is -0.990. The van der Waals surface area contributed by atoms with Crippen LogP contribution in [0.5, 0.6) is 0 Å². The molecule has 0 amide bonds. The van der Waals surface area contributed by atoms with Crippen molar-refractivity contribution in [1.29, 1.82) is 0 Å². The highest BCUT2D eigenvalue weighted by Crippen LogP contribution is 2.29. The molecule has 0 saturated heterocycles. The molecule has 0 spiro atoms. The number of aromatic amines is 1. The summed E-state index contributed by atoms with van der Waals surface area (Å²) in [5.74, 6) is 0. The highest BCUT2D eigenvalue weighted by Gasteiger charge is 2.11. The van der Waals surface area contributed by atoms with Gasteiger partial charge in [-0.05, 0) is 31.0 Å². The summed E-state index contributed by atoms with van der Waals surface area (Å²) in [5, 5.41) is 2.11. The Morgan fingerprint density at radius 1 is 1.33 bits per heavy atom. The minimum atomic E-state index is 0.824. The molecule has 2 nitrogen and oxygen atoms in total. The number of rotatable bonds is 2. The molecule has 0 radical (unpaired) electrons. The number of nitrogens with one attached hydrogen (secondary N) is 1. The van der Waals surface area contributed by atoms with Gasteiger partial charge in [0.1, 0.15) is 0 Å². The standard InChI is InChI=1S/C12H15ClN2/c1-7-11(13)4-3-10-9(5-6-14)8(2)15-12(7)10/h3-4,15H,5-6,14H2,1-2H3/p+1. The van der Waals surface area contributed by atoms with Crippen molar-refractivity contribution in [2.75, 3.05) is 6.54 Å². The lowest BCUT2D eigenvalue weighted by Crippen LogP contribution is -2.51. The number of fused-ring (bicyclic) bond motifs is 1. The molecule has 2 rings (SSSR count). The second kappa shape index (κ2) is 3.87. The predicted octanol–water partition coefficient (Wildman–Crippen LogP) is 2.22. The van der Waals surface area contributed by atoms with E-state index in [0.29, 0.717) is 0 Å². The van der Waals surface area contributed by atoms with Crippen LogP contribution in [0.1, 0.15) is 16.8 Å². The molecule has 4 N–H and O–H groups in total. The van der Waals surface area contributed by atoms with Crippen LogP contribution in [0.3, 0.4) is 0 Å². The molecule has 80 valence electrons. The van der Waals surface area contributed by atoms with Crippen LogP contribution in [0.2, 0.25) is 5.02 Å². The smallest absolute Gasteiger partial charge is 0.0781 e. The average Bonchev–Trinajstić information content (AvgIpc) is 2.52. The molecule has 0 unspecified atom stereocenters. The van der Waals surface area contributed by atoms with Crippen molar-refractivity contribution in [3.8, 4) is 0 Å². The van der Waals surface area contributed by atoms with E-state index in [1.54, 1.807) is 0 Å². The van der Waals surface area contributed by atoms with E-state index in [1.807, 2.05) is 6.07 Å². The summed E-state index contributed by atoms with van der Waals surface area (Å²) in [5.41, 5.74) is 8.82. The molecule has 0 bridgehead atoms. The van der Waals surface area contributed by atoms with Crippen LogP contribution >= 0.6 is 11.6 Å². The number of aryl methyl sites for hydroxylation is 2. The van der Waals surface area contributed by atoms with E-state index in [2.05, 4.69) is 30.6 Å². The maximum Gasteiger partial charge on any atom is 0.0781 e. The van der Waals surface area contributed by atoms with Gasteiger partial charge in [0, 0.05) is 22.5 Å². The van der Waals surface area contributed by atoms with Gasteiger partial charge in [0.05, 0.1) is 12.1 Å². The van der Waals surface area contributed by atoms with E-state index in [1.165, 1.54) is 22.2 Å². The summed E-state index contributed by atoms with van der Waals surface area (Å²) in [6.07, 6.45) is 1.02. The molecule has 0 aliphatic heterocycles. The lowest BCUT2D eigenvalue weighted by atomic mass is 10.1. The monoisotopic (exact) mass is 223 g/mol. The van der Waals surface area contributed by atoms with Crippen molar-refractivity contribution >= 4 is 22.5 Å². The molecule has 0 saturated carbocycles. The van der Waals surface area contributed by atoms with Gasteiger partial charge in [-0.2, -0.15) is 0 Å². The molecule has 15 heavy (non-hydrogen) atoms. The minimum absolute atomic E-state index is 0.824. The number of hydrogen-bond donors (Lipinski definition) is 2. The highest BCUT2D eigenvalue weighted by atomic mass is 35.5. The molecule has 0 fully saturated rings. The van der Waals surface area contributed by atoms with Crippen molar-refractivity contribution in [3.05, 3.63) is 34.0 Å². The van der Waals surface area contributed by atoms with Crippen LogP contribution in [0.25, 0.3) is 10.9 Å². The first-order valence-corrected chi connectivity index (χ1v) is 5.58. The Bertz CT molecular complexity index is 500. The van der Waals surface area contributed by atoms with Gasteiger partial charge in [0.25, 0.3) is 0 Å². The fourth-order valence-corrected chi connectivity index (χ4v) is 2.22. The third kappa shape index (κ3) is 1.64. The first-order valence-electron chi connectivity index (χ1n) is 5.20. The number of hydrogen-bond acceptors (Lipinski definition) is 0. The van der Waals surface area contributed by atoms with Crippen molar-refractivity contribution in [2.24, 2.45) is 0 Å². The Balaban J connectivity index is 2.73. The lowest BCUT2D eigenvalue weighted by molar-refractivity contribution is -0.366. The normalized spacial score (nSPS) is 11.2. The van der Waals surface area contributed by atoms with E-state index in [9.17, 15) is 0 Å². The largest absolute Gasteiger partial charge is 0.358 e. The fraction of sp³-hybridized carbons (Fsp3) is 0.333. The molecular weight excluding hydrogens is 208 g/mol. The van der Waals surface area contributed by atoms with Crippen LogP contribution < -0.4 is 5.73 Å². The van der Waals surface area contributed by atoms with Gasteiger partial charge >= 0.3 is 0 Å². The Morgan fingerprint density at radius 2 is 2.07 bits per heavy atom. The van der Waals surface area contributed by atoms with Gasteiger partial charge in [-0.25, -0.2) is 0 Å². The zero-order valence-corrected chi connectivity index (χ0v) is 9.91. The zero-order valence-electron chi connectivity index (χ0n) is 9.15. The summed E-state index contributed by atoms with van der Waals surface area (Å²) < 4.78 is 0. The molecule has 2 aromatic rings. The summed E-state index contributed by atoms with van der Waals surface area (Å²) in [6, 6.07) is 4.07. The minimum Gasteiger partial charge on any atom is -0.358 e. The average molecular weight is 224 g/mol. The molecule has 3 heteroatoms. The maximum absolute atomic E-state index is 6.09. The molecule has 0 atom stereocenters. The number of H-pyrrole nitrogens is 1. The van der Waals surface area contributed by atoms with Crippen molar-refractivity contribution < 1.29 is 5.73 Å². The Kier molecular flexibility index (Phi) is 2.72. The van der Waals surface area contributed by atoms with Crippen molar-refractivity contribution in [1.82, 2.24) is 4.98 Å². The van der Waals surface area contributed by atoms with Gasteiger partial charge in [-0.3, -0.25) is 0 Å². The fourth-order valence-electron chi connectivity index (χ4n) is 2.06. The van der Waals surface area contributed by atoms with E-state index in [4.69, 9.17) is 11.6 Å². The van der Waals surface area contributed by atoms with E-state index in [0.717, 1.165) is 23.6 Å². The van der Waals surface area contributed by atoms with Crippen LogP contribution in [0, 0.1) is 13.8 Å². The topological polar surface area (TPSA) is 43.4 Å². The quantitative estimate of drug-likeness (QED) is 0.784. The molecule has 0 aliphatic rings. The first-order chi connectivity index (χ1) is 7.15. The summed E-state index contributed by atoms with van der Waals surface area (Å²) in [4.78, 5) is 3.41. The van der Waals surface area contributed by atoms with Gasteiger partial charge in [0.2, 0.25) is 0 Å². The maximum atomic E-state index is 6.09. The third-order valence-corrected chi connectivity index (χ3v) is 3.33. The second-order valence-electron chi connectivity index (χ2n) is 3.93. The number of halogens is 1.